The first kappa shape index (κ1) is 20.6. The molecule has 1 aromatic heterocycles. The third kappa shape index (κ3) is 5.02. The van der Waals surface area contributed by atoms with Gasteiger partial charge in [-0.2, -0.15) is 13.2 Å². The molecule has 2 aromatic rings. The van der Waals surface area contributed by atoms with Gasteiger partial charge in [-0.25, -0.2) is 9.97 Å². The van der Waals surface area contributed by atoms with E-state index in [1.54, 1.807) is 6.20 Å². The van der Waals surface area contributed by atoms with Gasteiger partial charge in [-0.1, -0.05) is 0 Å². The first-order chi connectivity index (χ1) is 13.9. The van der Waals surface area contributed by atoms with E-state index in [0.29, 0.717) is 43.2 Å². The number of aliphatic hydroxyl groups is 1. The molecule has 29 heavy (non-hydrogen) atoms. The number of alkyl halides is 3. The molecular weight excluding hydrogens is 387 g/mol. The molecule has 0 spiro atoms. The summed E-state index contributed by atoms with van der Waals surface area (Å²) >= 11 is 0. The van der Waals surface area contributed by atoms with E-state index in [9.17, 15) is 23.1 Å². The van der Waals surface area contributed by atoms with Crippen molar-refractivity contribution in [2.45, 2.75) is 12.2 Å². The Hall–Kier alpha value is -3.14. The molecule has 0 aliphatic carbocycles. The maximum atomic E-state index is 12.7. The van der Waals surface area contributed by atoms with E-state index in [1.807, 2.05) is 9.80 Å². The monoisotopic (exact) mass is 407 g/mol. The Bertz CT molecular complexity index is 858. The number of aliphatic hydroxyl groups excluding tert-OH is 1. The van der Waals surface area contributed by atoms with Gasteiger partial charge in [-0.3, -0.25) is 4.79 Å². The minimum absolute atomic E-state index is 0.109. The Morgan fingerprint density at radius 2 is 1.90 bits per heavy atom. The van der Waals surface area contributed by atoms with Crippen molar-refractivity contribution in [2.75, 3.05) is 36.5 Å². The number of rotatable bonds is 6. The highest BCUT2D eigenvalue weighted by Crippen LogP contribution is 2.31. The Kier molecular flexibility index (Phi) is 6.32. The number of halogens is 3. The molecule has 1 saturated heterocycles. The van der Waals surface area contributed by atoms with E-state index in [2.05, 4.69) is 15.3 Å². The minimum Gasteiger partial charge on any atom is -0.394 e. The number of anilines is 3. The normalized spacial score (nSPS) is 17.6. The molecule has 2 N–H and O–H groups in total. The van der Waals surface area contributed by atoms with Crippen LogP contribution in [0.2, 0.25) is 0 Å². The predicted molar refractivity (Wildman–Crippen MR) is 102 cm³/mol. The Labute approximate surface area is 165 Å². The summed E-state index contributed by atoms with van der Waals surface area (Å²) in [5, 5.41) is 12.7. The highest BCUT2D eigenvalue weighted by Gasteiger charge is 2.30. The van der Waals surface area contributed by atoms with Gasteiger partial charge in [0.25, 0.3) is 0 Å². The Morgan fingerprint density at radius 1 is 1.17 bits per heavy atom. The van der Waals surface area contributed by atoms with Crippen molar-refractivity contribution in [3.8, 4) is 0 Å². The molecule has 0 amide bonds. The number of benzene rings is 1. The number of nitrogens with zero attached hydrogens (tertiary/aromatic N) is 4. The fraction of sp³-hybridized carbons (Fsp3) is 0.316. The number of nitrogens with one attached hydrogen (secondary N) is 1. The van der Waals surface area contributed by atoms with Crippen LogP contribution in [-0.4, -0.2) is 58.5 Å². The van der Waals surface area contributed by atoms with E-state index in [4.69, 9.17) is 0 Å². The molecule has 2 heterocycles. The smallest absolute Gasteiger partial charge is 0.394 e. The molecule has 3 rings (SSSR count). The van der Waals surface area contributed by atoms with Gasteiger partial charge in [0.15, 0.2) is 11.6 Å². The van der Waals surface area contributed by atoms with E-state index < -0.39 is 11.7 Å². The molecule has 1 aromatic carbocycles. The van der Waals surface area contributed by atoms with Crippen LogP contribution in [0.15, 0.2) is 48.9 Å². The van der Waals surface area contributed by atoms with Gasteiger partial charge in [-0.05, 0) is 30.3 Å². The average molecular weight is 407 g/mol. The molecule has 10 heteroatoms. The van der Waals surface area contributed by atoms with Crippen LogP contribution in [0.4, 0.5) is 30.5 Å². The van der Waals surface area contributed by atoms with Gasteiger partial charge in [0.05, 0.1) is 18.2 Å². The summed E-state index contributed by atoms with van der Waals surface area (Å²) in [5.41, 5.74) is -0.279. The van der Waals surface area contributed by atoms with Crippen molar-refractivity contribution >= 4 is 23.6 Å². The first-order valence-corrected chi connectivity index (χ1v) is 8.91. The van der Waals surface area contributed by atoms with Crippen LogP contribution >= 0.6 is 0 Å². The molecular formula is C19H20F3N5O2. The SMILES string of the molecule is O=CC=CN1CCN(c2nccnc2Nc2ccc(C(F)(F)F)cc2)C[C@H]1CO. The number of hydrogen-bond donors (Lipinski definition) is 2. The van der Waals surface area contributed by atoms with Crippen LogP contribution in [0.1, 0.15) is 5.56 Å². The van der Waals surface area contributed by atoms with E-state index in [1.165, 1.54) is 30.6 Å². The molecule has 1 aliphatic heterocycles. The van der Waals surface area contributed by atoms with Crippen molar-refractivity contribution in [1.29, 1.82) is 0 Å². The summed E-state index contributed by atoms with van der Waals surface area (Å²) in [4.78, 5) is 23.0. The lowest BCUT2D eigenvalue weighted by molar-refractivity contribution is -0.137. The Morgan fingerprint density at radius 3 is 2.55 bits per heavy atom. The molecule has 0 unspecified atom stereocenters. The average Bonchev–Trinajstić information content (AvgIpc) is 2.72. The number of carbonyl (C=O) groups is 1. The van der Waals surface area contributed by atoms with Gasteiger partial charge in [0, 0.05) is 43.9 Å². The molecule has 1 atom stereocenters. The number of aldehydes is 1. The lowest BCUT2D eigenvalue weighted by Gasteiger charge is -2.41. The van der Waals surface area contributed by atoms with E-state index >= 15 is 0 Å². The number of aromatic nitrogens is 2. The predicted octanol–water partition coefficient (Wildman–Crippen LogP) is 2.43. The zero-order chi connectivity index (χ0) is 20.9. The van der Waals surface area contributed by atoms with Gasteiger partial charge in [-0.15, -0.1) is 0 Å². The molecule has 7 nitrogen and oxygen atoms in total. The molecule has 154 valence electrons. The van der Waals surface area contributed by atoms with Crippen molar-refractivity contribution in [2.24, 2.45) is 0 Å². The van der Waals surface area contributed by atoms with Crippen LogP contribution < -0.4 is 10.2 Å². The summed E-state index contributed by atoms with van der Waals surface area (Å²) in [6, 6.07) is 4.43. The third-order valence-corrected chi connectivity index (χ3v) is 4.55. The fourth-order valence-corrected chi connectivity index (χ4v) is 3.10. The number of piperazine rings is 1. The summed E-state index contributed by atoms with van der Waals surface area (Å²) in [7, 11) is 0. The van der Waals surface area contributed by atoms with Crippen molar-refractivity contribution in [3.63, 3.8) is 0 Å². The van der Waals surface area contributed by atoms with Gasteiger partial charge < -0.3 is 20.2 Å². The van der Waals surface area contributed by atoms with Crippen LogP contribution in [-0.2, 0) is 11.0 Å². The lowest BCUT2D eigenvalue weighted by Crippen LogP contribution is -2.53. The van der Waals surface area contributed by atoms with Gasteiger partial charge >= 0.3 is 6.18 Å². The molecule has 1 fully saturated rings. The minimum atomic E-state index is -4.40. The van der Waals surface area contributed by atoms with Crippen molar-refractivity contribution in [1.82, 2.24) is 14.9 Å². The van der Waals surface area contributed by atoms with Crippen LogP contribution in [0, 0.1) is 0 Å². The second-order valence-electron chi connectivity index (χ2n) is 6.43. The third-order valence-electron chi connectivity index (χ3n) is 4.55. The molecule has 1 aliphatic rings. The zero-order valence-electron chi connectivity index (χ0n) is 15.4. The second kappa shape index (κ2) is 8.91. The second-order valence-corrected chi connectivity index (χ2v) is 6.43. The maximum absolute atomic E-state index is 12.7. The Balaban J connectivity index is 1.77. The van der Waals surface area contributed by atoms with Crippen LogP contribution in [0.25, 0.3) is 0 Å². The summed E-state index contributed by atoms with van der Waals surface area (Å²) < 4.78 is 38.2. The first-order valence-electron chi connectivity index (χ1n) is 8.91. The van der Waals surface area contributed by atoms with Crippen molar-refractivity contribution < 1.29 is 23.1 Å². The molecule has 0 radical (unpaired) electrons. The lowest BCUT2D eigenvalue weighted by atomic mass is 10.2. The van der Waals surface area contributed by atoms with E-state index in [0.717, 1.165) is 12.1 Å². The standard InChI is InChI=1S/C19H20F3N5O2/c20-19(21,22)14-2-4-15(5-3-14)25-17-18(24-7-6-23-17)27-10-9-26(8-1-11-28)16(12-27)13-29/h1-8,11,16,29H,9-10,12-13H2,(H,23,25)/t16-/m0/s1. The zero-order valence-corrected chi connectivity index (χ0v) is 15.4. The quantitative estimate of drug-likeness (QED) is 0.562. The van der Waals surface area contributed by atoms with Crippen LogP contribution in [0.3, 0.4) is 0 Å². The van der Waals surface area contributed by atoms with Gasteiger partial charge in [0.2, 0.25) is 0 Å². The maximum Gasteiger partial charge on any atom is 0.416 e. The summed E-state index contributed by atoms with van der Waals surface area (Å²) in [6.07, 6.45) is 2.31. The largest absolute Gasteiger partial charge is 0.416 e. The number of allylic oxidation sites excluding steroid dienone is 1. The summed E-state index contributed by atoms with van der Waals surface area (Å²) in [6.45, 7) is 1.47. The highest BCUT2D eigenvalue weighted by molar-refractivity contribution is 5.68. The number of hydrogen-bond acceptors (Lipinski definition) is 7. The highest BCUT2D eigenvalue weighted by atomic mass is 19.4. The molecule has 0 bridgehead atoms. The fourth-order valence-electron chi connectivity index (χ4n) is 3.10. The topological polar surface area (TPSA) is 81.6 Å². The van der Waals surface area contributed by atoms with Crippen LogP contribution in [0.5, 0.6) is 0 Å². The number of carbonyl (C=O) groups excluding carboxylic acids is 1. The molecule has 0 saturated carbocycles. The van der Waals surface area contributed by atoms with Gasteiger partial charge in [0.1, 0.15) is 6.29 Å². The van der Waals surface area contributed by atoms with Crippen molar-refractivity contribution in [3.05, 3.63) is 54.5 Å². The summed E-state index contributed by atoms with van der Waals surface area (Å²) in [5.74, 6) is 0.936. The van der Waals surface area contributed by atoms with E-state index in [-0.39, 0.29) is 12.6 Å².